The largest absolute Gasteiger partial charge is 0.314 e. The Bertz CT molecular complexity index is 128. The van der Waals surface area contributed by atoms with Crippen LogP contribution in [0.15, 0.2) is 0 Å². The third kappa shape index (κ3) is 2.17. The van der Waals surface area contributed by atoms with Gasteiger partial charge in [-0.3, -0.25) is 0 Å². The Labute approximate surface area is 69.2 Å². The zero-order valence-corrected chi connectivity index (χ0v) is 7.80. The van der Waals surface area contributed by atoms with Crippen molar-refractivity contribution in [2.75, 3.05) is 6.54 Å². The van der Waals surface area contributed by atoms with Gasteiger partial charge in [-0.1, -0.05) is 27.2 Å². The van der Waals surface area contributed by atoms with Gasteiger partial charge in [0.25, 0.3) is 0 Å². The van der Waals surface area contributed by atoms with E-state index in [0.29, 0.717) is 6.04 Å². The summed E-state index contributed by atoms with van der Waals surface area (Å²) in [5, 5.41) is 11.1. The van der Waals surface area contributed by atoms with E-state index in [-0.39, 0.29) is 5.41 Å². The van der Waals surface area contributed by atoms with E-state index < -0.39 is 0 Å². The van der Waals surface area contributed by atoms with Crippen LogP contribution in [0.1, 0.15) is 40.0 Å². The molecule has 1 unspecified atom stereocenters. The maximum atomic E-state index is 9.54. The standard InChI is InChI=1S/C9H19NO/c1-9(2,3)8-6-4-5-7-10(8)11/h8,11H,4-7H2,1-3H3. The van der Waals surface area contributed by atoms with Gasteiger partial charge in [0.05, 0.1) is 0 Å². The van der Waals surface area contributed by atoms with Crippen LogP contribution in [-0.4, -0.2) is 22.9 Å². The maximum absolute atomic E-state index is 9.54. The lowest BCUT2D eigenvalue weighted by Crippen LogP contribution is -2.45. The first-order valence-corrected chi connectivity index (χ1v) is 4.47. The molecule has 1 heterocycles. The van der Waals surface area contributed by atoms with Crippen LogP contribution in [0, 0.1) is 5.41 Å². The van der Waals surface area contributed by atoms with Gasteiger partial charge in [-0.15, -0.1) is 0 Å². The average molecular weight is 157 g/mol. The topological polar surface area (TPSA) is 23.5 Å². The molecule has 1 aliphatic rings. The lowest BCUT2D eigenvalue weighted by atomic mass is 9.82. The summed E-state index contributed by atoms with van der Waals surface area (Å²) in [6.45, 7) is 7.41. The summed E-state index contributed by atoms with van der Waals surface area (Å²) >= 11 is 0. The van der Waals surface area contributed by atoms with E-state index in [1.807, 2.05) is 0 Å². The number of nitrogens with zero attached hydrogens (tertiary/aromatic N) is 1. The van der Waals surface area contributed by atoms with Crippen LogP contribution in [0.4, 0.5) is 0 Å². The average Bonchev–Trinajstić information content (AvgIpc) is 1.86. The van der Waals surface area contributed by atoms with Crippen molar-refractivity contribution in [3.8, 4) is 0 Å². The van der Waals surface area contributed by atoms with Gasteiger partial charge in [0.2, 0.25) is 0 Å². The van der Waals surface area contributed by atoms with E-state index >= 15 is 0 Å². The Balaban J connectivity index is 2.55. The van der Waals surface area contributed by atoms with Crippen LogP contribution in [0.3, 0.4) is 0 Å². The molecular formula is C9H19NO. The zero-order chi connectivity index (χ0) is 8.48. The zero-order valence-electron chi connectivity index (χ0n) is 7.80. The van der Waals surface area contributed by atoms with Crippen molar-refractivity contribution in [1.29, 1.82) is 0 Å². The third-order valence-corrected chi connectivity index (χ3v) is 2.47. The highest BCUT2D eigenvalue weighted by atomic mass is 16.5. The fourth-order valence-corrected chi connectivity index (χ4v) is 1.80. The van der Waals surface area contributed by atoms with Crippen molar-refractivity contribution in [3.63, 3.8) is 0 Å². The molecule has 0 saturated carbocycles. The lowest BCUT2D eigenvalue weighted by molar-refractivity contribution is -0.168. The molecule has 11 heavy (non-hydrogen) atoms. The molecule has 0 aromatic heterocycles. The molecule has 1 atom stereocenters. The fraction of sp³-hybridized carbons (Fsp3) is 1.00. The second-order valence-electron chi connectivity index (χ2n) is 4.54. The van der Waals surface area contributed by atoms with E-state index in [4.69, 9.17) is 0 Å². The molecule has 2 nitrogen and oxygen atoms in total. The van der Waals surface area contributed by atoms with Gasteiger partial charge >= 0.3 is 0 Å². The molecule has 0 aromatic carbocycles. The molecule has 0 aliphatic carbocycles. The number of hydrogen-bond donors (Lipinski definition) is 1. The summed E-state index contributed by atoms with van der Waals surface area (Å²) < 4.78 is 0. The van der Waals surface area contributed by atoms with Crippen molar-refractivity contribution >= 4 is 0 Å². The van der Waals surface area contributed by atoms with E-state index in [1.165, 1.54) is 11.5 Å². The highest BCUT2D eigenvalue weighted by Gasteiger charge is 2.31. The van der Waals surface area contributed by atoms with Gasteiger partial charge < -0.3 is 5.21 Å². The molecule has 0 radical (unpaired) electrons. The Morgan fingerprint density at radius 3 is 2.27 bits per heavy atom. The van der Waals surface area contributed by atoms with E-state index in [2.05, 4.69) is 20.8 Å². The Morgan fingerprint density at radius 2 is 1.91 bits per heavy atom. The summed E-state index contributed by atoms with van der Waals surface area (Å²) in [5.74, 6) is 0. The van der Waals surface area contributed by atoms with Gasteiger partial charge in [-0.25, -0.2) is 0 Å². The summed E-state index contributed by atoms with van der Waals surface area (Å²) in [7, 11) is 0. The molecule has 66 valence electrons. The normalized spacial score (nSPS) is 28.9. The first kappa shape index (κ1) is 9.01. The van der Waals surface area contributed by atoms with Gasteiger partial charge in [0.1, 0.15) is 0 Å². The summed E-state index contributed by atoms with van der Waals surface area (Å²) in [6, 6.07) is 0.358. The SMILES string of the molecule is CC(C)(C)C1CCCCN1O. The molecule has 0 amide bonds. The number of rotatable bonds is 0. The molecule has 0 aromatic rings. The van der Waals surface area contributed by atoms with Crippen LogP contribution < -0.4 is 0 Å². The summed E-state index contributed by atoms with van der Waals surface area (Å²) in [6.07, 6.45) is 3.54. The summed E-state index contributed by atoms with van der Waals surface area (Å²) in [4.78, 5) is 0. The van der Waals surface area contributed by atoms with Gasteiger partial charge in [0.15, 0.2) is 0 Å². The van der Waals surface area contributed by atoms with E-state index in [0.717, 1.165) is 19.4 Å². The number of hydrogen-bond acceptors (Lipinski definition) is 2. The highest BCUT2D eigenvalue weighted by molar-refractivity contribution is 4.82. The number of piperidine rings is 1. The monoisotopic (exact) mass is 157 g/mol. The van der Waals surface area contributed by atoms with Crippen LogP contribution >= 0.6 is 0 Å². The first-order chi connectivity index (χ1) is 5.02. The Hall–Kier alpha value is -0.0800. The first-order valence-electron chi connectivity index (χ1n) is 4.47. The minimum absolute atomic E-state index is 0.217. The molecule has 1 N–H and O–H groups in total. The second-order valence-corrected chi connectivity index (χ2v) is 4.54. The Kier molecular flexibility index (Phi) is 2.55. The van der Waals surface area contributed by atoms with Crippen molar-refractivity contribution < 1.29 is 5.21 Å². The molecule has 2 heteroatoms. The van der Waals surface area contributed by atoms with Crippen LogP contribution in [0.5, 0.6) is 0 Å². The Morgan fingerprint density at radius 1 is 1.27 bits per heavy atom. The van der Waals surface area contributed by atoms with Gasteiger partial charge in [-0.2, -0.15) is 5.06 Å². The number of hydroxylamine groups is 2. The fourth-order valence-electron chi connectivity index (χ4n) is 1.80. The molecule has 0 bridgehead atoms. The van der Waals surface area contributed by atoms with Crippen molar-refractivity contribution in [2.45, 2.75) is 46.1 Å². The van der Waals surface area contributed by atoms with Crippen LogP contribution in [-0.2, 0) is 0 Å². The quantitative estimate of drug-likeness (QED) is 0.583. The predicted octanol–water partition coefficient (Wildman–Crippen LogP) is 2.28. The van der Waals surface area contributed by atoms with Crippen molar-refractivity contribution in [2.24, 2.45) is 5.41 Å². The second kappa shape index (κ2) is 3.11. The molecule has 1 aliphatic heterocycles. The molecular weight excluding hydrogens is 138 g/mol. The minimum Gasteiger partial charge on any atom is -0.314 e. The molecule has 1 fully saturated rings. The molecule has 1 saturated heterocycles. The van der Waals surface area contributed by atoms with Crippen molar-refractivity contribution in [3.05, 3.63) is 0 Å². The van der Waals surface area contributed by atoms with Crippen LogP contribution in [0.2, 0.25) is 0 Å². The third-order valence-electron chi connectivity index (χ3n) is 2.47. The van der Waals surface area contributed by atoms with Gasteiger partial charge in [-0.05, 0) is 18.3 Å². The molecule has 1 rings (SSSR count). The van der Waals surface area contributed by atoms with Gasteiger partial charge in [0, 0.05) is 12.6 Å². The van der Waals surface area contributed by atoms with E-state index in [9.17, 15) is 5.21 Å². The minimum atomic E-state index is 0.217. The molecule has 0 spiro atoms. The highest BCUT2D eigenvalue weighted by Crippen LogP contribution is 2.30. The van der Waals surface area contributed by atoms with E-state index in [1.54, 1.807) is 0 Å². The lowest BCUT2D eigenvalue weighted by Gasteiger charge is -2.39. The van der Waals surface area contributed by atoms with Crippen LogP contribution in [0.25, 0.3) is 0 Å². The van der Waals surface area contributed by atoms with Crippen molar-refractivity contribution in [1.82, 2.24) is 5.06 Å². The maximum Gasteiger partial charge on any atom is 0.0398 e. The predicted molar refractivity (Wildman–Crippen MR) is 45.6 cm³/mol. The smallest absolute Gasteiger partial charge is 0.0398 e. The summed E-state index contributed by atoms with van der Waals surface area (Å²) in [5.41, 5.74) is 0.217.